The first-order chi connectivity index (χ1) is 13.8. The lowest BCUT2D eigenvalue weighted by molar-refractivity contribution is -0.137. The smallest absolute Gasteiger partial charge is 0.343 e. The third kappa shape index (κ3) is 5.77. The monoisotopic (exact) mass is 406 g/mol. The number of amides is 2. The zero-order valence-corrected chi connectivity index (χ0v) is 15.7. The Hall–Kier alpha value is -2.94. The van der Waals surface area contributed by atoms with Crippen molar-refractivity contribution in [2.45, 2.75) is 12.7 Å². The van der Waals surface area contributed by atoms with E-state index in [1.54, 1.807) is 17.3 Å². The van der Waals surface area contributed by atoms with E-state index in [0.717, 1.165) is 49.5 Å². The summed E-state index contributed by atoms with van der Waals surface area (Å²) in [5.41, 5.74) is 0.409. The van der Waals surface area contributed by atoms with Crippen molar-refractivity contribution in [3.63, 3.8) is 0 Å². The van der Waals surface area contributed by atoms with E-state index >= 15 is 0 Å². The predicted octanol–water partition coefficient (Wildman–Crippen LogP) is 2.17. The molecule has 1 N–H and O–H groups in total. The van der Waals surface area contributed by atoms with Crippen molar-refractivity contribution in [1.29, 1.82) is 0 Å². The van der Waals surface area contributed by atoms with E-state index in [9.17, 15) is 22.8 Å². The van der Waals surface area contributed by atoms with Gasteiger partial charge in [0.15, 0.2) is 0 Å². The molecule has 1 aliphatic rings. The van der Waals surface area contributed by atoms with Gasteiger partial charge in [0.05, 0.1) is 12.1 Å². The highest BCUT2D eigenvalue weighted by molar-refractivity contribution is 5.96. The number of alkyl halides is 3. The lowest BCUT2D eigenvalue weighted by atomic mass is 10.1. The maximum Gasteiger partial charge on any atom is 0.416 e. The van der Waals surface area contributed by atoms with E-state index in [1.165, 1.54) is 0 Å². The van der Waals surface area contributed by atoms with Gasteiger partial charge < -0.3 is 10.2 Å². The molecule has 1 aromatic carbocycles. The van der Waals surface area contributed by atoms with Gasteiger partial charge in [0, 0.05) is 50.7 Å². The number of piperazine rings is 1. The van der Waals surface area contributed by atoms with Gasteiger partial charge in [0.1, 0.15) is 0 Å². The molecule has 1 saturated heterocycles. The van der Waals surface area contributed by atoms with Crippen molar-refractivity contribution in [2.24, 2.45) is 0 Å². The predicted molar refractivity (Wildman–Crippen MR) is 99.9 cm³/mol. The summed E-state index contributed by atoms with van der Waals surface area (Å²) in [7, 11) is 0. The Labute approximate surface area is 166 Å². The Bertz CT molecular complexity index is 833. The molecule has 2 heterocycles. The highest BCUT2D eigenvalue weighted by Gasteiger charge is 2.30. The van der Waals surface area contributed by atoms with Gasteiger partial charge >= 0.3 is 6.18 Å². The lowest BCUT2D eigenvalue weighted by Crippen LogP contribution is -2.50. The summed E-state index contributed by atoms with van der Waals surface area (Å²) in [6, 6.07) is 7.79. The molecule has 1 aliphatic heterocycles. The van der Waals surface area contributed by atoms with Gasteiger partial charge in [0.25, 0.3) is 5.91 Å². The number of carbonyl (C=O) groups is 2. The minimum Gasteiger partial charge on any atom is -0.343 e. The average molecular weight is 406 g/mol. The number of pyridine rings is 1. The van der Waals surface area contributed by atoms with Gasteiger partial charge in [-0.1, -0.05) is 0 Å². The van der Waals surface area contributed by atoms with Crippen molar-refractivity contribution in [1.82, 2.24) is 20.1 Å². The SMILES string of the molecule is O=C(NCC(=O)N1CCN(Cc2ccncc2)CC1)c1ccc(C(F)(F)F)cc1. The van der Waals surface area contributed by atoms with Crippen molar-refractivity contribution in [3.05, 3.63) is 65.5 Å². The van der Waals surface area contributed by atoms with Crippen LogP contribution >= 0.6 is 0 Å². The van der Waals surface area contributed by atoms with Crippen molar-refractivity contribution < 1.29 is 22.8 Å². The van der Waals surface area contributed by atoms with E-state index in [2.05, 4.69) is 15.2 Å². The molecule has 0 aliphatic carbocycles. The van der Waals surface area contributed by atoms with Gasteiger partial charge in [-0.2, -0.15) is 13.2 Å². The number of carbonyl (C=O) groups excluding carboxylic acids is 2. The number of benzene rings is 1. The molecular weight excluding hydrogens is 385 g/mol. The molecule has 0 saturated carbocycles. The van der Waals surface area contributed by atoms with E-state index in [4.69, 9.17) is 0 Å². The summed E-state index contributed by atoms with van der Waals surface area (Å²) in [5, 5.41) is 2.47. The molecule has 29 heavy (non-hydrogen) atoms. The molecule has 1 aromatic heterocycles. The molecule has 3 rings (SSSR count). The average Bonchev–Trinajstić information content (AvgIpc) is 2.72. The van der Waals surface area contributed by atoms with E-state index in [1.807, 2.05) is 12.1 Å². The molecular formula is C20H21F3N4O2. The van der Waals surface area contributed by atoms with Gasteiger partial charge in [-0.05, 0) is 42.0 Å². The summed E-state index contributed by atoms with van der Waals surface area (Å²) in [4.78, 5) is 32.3. The maximum absolute atomic E-state index is 12.6. The molecule has 0 radical (unpaired) electrons. The fourth-order valence-corrected chi connectivity index (χ4v) is 3.08. The van der Waals surface area contributed by atoms with Gasteiger partial charge in [-0.15, -0.1) is 0 Å². The zero-order valence-electron chi connectivity index (χ0n) is 15.7. The minimum atomic E-state index is -4.45. The second kappa shape index (κ2) is 9.04. The molecule has 2 amide bonds. The largest absolute Gasteiger partial charge is 0.416 e. The number of hydrogen-bond acceptors (Lipinski definition) is 4. The van der Waals surface area contributed by atoms with Crippen LogP contribution in [-0.2, 0) is 17.5 Å². The molecule has 6 nitrogen and oxygen atoms in total. The standard InChI is InChI=1S/C20H21F3N4O2/c21-20(22,23)17-3-1-16(2-4-17)19(29)25-13-18(28)27-11-9-26(10-12-27)14-15-5-7-24-8-6-15/h1-8H,9-14H2,(H,25,29). The molecule has 9 heteroatoms. The summed E-state index contributed by atoms with van der Waals surface area (Å²) >= 11 is 0. The zero-order chi connectivity index (χ0) is 20.9. The molecule has 0 spiro atoms. The normalized spacial score (nSPS) is 15.2. The number of halogens is 3. The fraction of sp³-hybridized carbons (Fsp3) is 0.350. The van der Waals surface area contributed by atoms with Crippen LogP contribution in [0.25, 0.3) is 0 Å². The molecule has 0 atom stereocenters. The minimum absolute atomic E-state index is 0.0768. The van der Waals surface area contributed by atoms with E-state index < -0.39 is 17.6 Å². The van der Waals surface area contributed by atoms with Gasteiger partial charge in [-0.3, -0.25) is 19.5 Å². The highest BCUT2D eigenvalue weighted by atomic mass is 19.4. The molecule has 1 fully saturated rings. The highest BCUT2D eigenvalue weighted by Crippen LogP contribution is 2.29. The van der Waals surface area contributed by atoms with E-state index in [0.29, 0.717) is 13.1 Å². The van der Waals surface area contributed by atoms with Crippen molar-refractivity contribution in [2.75, 3.05) is 32.7 Å². The Balaban J connectivity index is 1.43. The number of nitrogens with one attached hydrogen (secondary N) is 1. The van der Waals surface area contributed by atoms with Crippen LogP contribution in [0.15, 0.2) is 48.8 Å². The number of nitrogens with zero attached hydrogens (tertiary/aromatic N) is 3. The first kappa shape index (κ1) is 20.8. The van der Waals surface area contributed by atoms with Crippen LogP contribution in [0, 0.1) is 0 Å². The van der Waals surface area contributed by atoms with Crippen LogP contribution in [0.4, 0.5) is 13.2 Å². The Morgan fingerprint density at radius 1 is 0.966 bits per heavy atom. The van der Waals surface area contributed by atoms with Crippen LogP contribution in [0.5, 0.6) is 0 Å². The molecule has 0 unspecified atom stereocenters. The Morgan fingerprint density at radius 3 is 2.17 bits per heavy atom. The van der Waals surface area contributed by atoms with Gasteiger partial charge in [-0.25, -0.2) is 0 Å². The maximum atomic E-state index is 12.6. The number of hydrogen-bond donors (Lipinski definition) is 1. The third-order valence-corrected chi connectivity index (χ3v) is 4.76. The topological polar surface area (TPSA) is 65.5 Å². The van der Waals surface area contributed by atoms with Crippen LogP contribution in [-0.4, -0.2) is 59.3 Å². The number of aromatic nitrogens is 1. The van der Waals surface area contributed by atoms with Gasteiger partial charge in [0.2, 0.25) is 5.91 Å². The first-order valence-electron chi connectivity index (χ1n) is 9.17. The molecule has 154 valence electrons. The van der Waals surface area contributed by atoms with Crippen molar-refractivity contribution in [3.8, 4) is 0 Å². The fourth-order valence-electron chi connectivity index (χ4n) is 3.08. The van der Waals surface area contributed by atoms with Crippen LogP contribution in [0.1, 0.15) is 21.5 Å². The quantitative estimate of drug-likeness (QED) is 0.827. The molecule has 0 bridgehead atoms. The summed E-state index contributed by atoms with van der Waals surface area (Å²) in [6.45, 7) is 3.15. The van der Waals surface area contributed by atoms with Crippen LogP contribution in [0.2, 0.25) is 0 Å². The summed E-state index contributed by atoms with van der Waals surface area (Å²) < 4.78 is 37.7. The van der Waals surface area contributed by atoms with Crippen molar-refractivity contribution >= 4 is 11.8 Å². The first-order valence-corrected chi connectivity index (χ1v) is 9.17. The molecule has 2 aromatic rings. The number of rotatable bonds is 5. The lowest BCUT2D eigenvalue weighted by Gasteiger charge is -2.34. The summed E-state index contributed by atoms with van der Waals surface area (Å²) in [6.07, 6.45) is -0.965. The second-order valence-electron chi connectivity index (χ2n) is 6.77. The Kier molecular flexibility index (Phi) is 6.48. The van der Waals surface area contributed by atoms with E-state index in [-0.39, 0.29) is 18.0 Å². The summed E-state index contributed by atoms with van der Waals surface area (Å²) in [5.74, 6) is -0.794. The van der Waals surface area contributed by atoms with Crippen LogP contribution < -0.4 is 5.32 Å². The second-order valence-corrected chi connectivity index (χ2v) is 6.77. The Morgan fingerprint density at radius 2 is 1.59 bits per heavy atom. The van der Waals surface area contributed by atoms with Crippen LogP contribution in [0.3, 0.4) is 0 Å². The third-order valence-electron chi connectivity index (χ3n) is 4.76.